The molecule has 1 saturated heterocycles. The SMILES string of the molecule is CC[C@H](C)[C@@H]([C@@H](CC(=O)N1[C@H]2C(C)=C2C[C@H]1[C@H](OC)[C@@H](C)C(=O)N[C@@H](Cc1ccccc1F)C(=O)O)OC)N(C)C(=O)[C@@H](NC(=O)[C@@H](NC)C(C)C)C(C)C. The van der Waals surface area contributed by atoms with Gasteiger partial charge in [-0.05, 0) is 60.9 Å². The zero-order valence-electron chi connectivity index (χ0n) is 34.6. The van der Waals surface area contributed by atoms with Gasteiger partial charge in [0, 0.05) is 27.7 Å². The molecule has 0 aromatic heterocycles. The lowest BCUT2D eigenvalue weighted by molar-refractivity contribution is -0.149. The molecule has 0 bridgehead atoms. The minimum absolute atomic E-state index is 0.00391. The number of aliphatic carboxylic acids is 1. The van der Waals surface area contributed by atoms with E-state index >= 15 is 0 Å². The molecule has 55 heavy (non-hydrogen) atoms. The summed E-state index contributed by atoms with van der Waals surface area (Å²) in [5, 5.41) is 18.5. The standard InChI is InChI=1S/C41H64FN5O8/c1-13-23(6)35(46(10)40(51)34(22(4)5)45-39(50)33(43-9)21(2)3)31(54-11)20-32(48)47-30(19-27-24(7)36(27)47)37(55-12)25(8)38(49)44-29(41(52)53)18-26-16-14-15-17-28(26)42/h14-17,21-23,25,29-31,33-37,43H,13,18-20H2,1-12H3,(H,44,49)(H,45,50)(H,52,53)/t23-,25+,29-,30-,31+,33-,34-,35-,36-,37+/m0/s1. The monoisotopic (exact) mass is 773 g/mol. The van der Waals surface area contributed by atoms with Gasteiger partial charge in [0.2, 0.25) is 23.6 Å². The Labute approximate surface area is 326 Å². The highest BCUT2D eigenvalue weighted by Crippen LogP contribution is 2.49. The Morgan fingerprint density at radius 1 is 0.964 bits per heavy atom. The van der Waals surface area contributed by atoms with Crippen LogP contribution in [0.3, 0.4) is 0 Å². The van der Waals surface area contributed by atoms with E-state index in [-0.39, 0.29) is 59.9 Å². The molecule has 2 aliphatic rings. The van der Waals surface area contributed by atoms with Crippen LogP contribution < -0.4 is 16.0 Å². The predicted octanol–water partition coefficient (Wildman–Crippen LogP) is 3.55. The van der Waals surface area contributed by atoms with Gasteiger partial charge in [-0.15, -0.1) is 0 Å². The normalized spacial score (nSPS) is 20.9. The van der Waals surface area contributed by atoms with Crippen molar-refractivity contribution in [3.8, 4) is 0 Å². The first kappa shape index (κ1) is 45.5. The van der Waals surface area contributed by atoms with Crippen LogP contribution >= 0.6 is 0 Å². The Hall–Kier alpha value is -3.88. The van der Waals surface area contributed by atoms with Crippen LogP contribution in [-0.4, -0.2) is 121 Å². The maximum Gasteiger partial charge on any atom is 0.326 e. The van der Waals surface area contributed by atoms with Crippen LogP contribution in [0.2, 0.25) is 0 Å². The molecule has 308 valence electrons. The van der Waals surface area contributed by atoms with Gasteiger partial charge in [0.15, 0.2) is 0 Å². The second-order valence-corrected chi connectivity index (χ2v) is 15.9. The van der Waals surface area contributed by atoms with Gasteiger partial charge < -0.3 is 40.3 Å². The molecule has 1 fully saturated rings. The molecule has 13 nitrogen and oxygen atoms in total. The minimum atomic E-state index is -1.38. The van der Waals surface area contributed by atoms with E-state index in [1.54, 1.807) is 36.9 Å². The molecule has 1 aromatic carbocycles. The Bertz CT molecular complexity index is 1570. The van der Waals surface area contributed by atoms with Crippen LogP contribution in [0.1, 0.15) is 80.2 Å². The summed E-state index contributed by atoms with van der Waals surface area (Å²) in [5.74, 6) is -4.41. The predicted molar refractivity (Wildman–Crippen MR) is 207 cm³/mol. The number of halogens is 1. The number of likely N-dealkylation sites (tertiary alicyclic amines) is 1. The molecule has 3 rings (SSSR count). The van der Waals surface area contributed by atoms with E-state index in [1.165, 1.54) is 32.4 Å². The van der Waals surface area contributed by atoms with Crippen molar-refractivity contribution in [1.82, 2.24) is 25.8 Å². The molecule has 1 aliphatic heterocycles. The molecule has 4 amide bonds. The summed E-state index contributed by atoms with van der Waals surface area (Å²) in [6, 6.07) is 1.87. The van der Waals surface area contributed by atoms with Gasteiger partial charge in [0.25, 0.3) is 0 Å². The summed E-state index contributed by atoms with van der Waals surface area (Å²) in [6.07, 6.45) is -0.632. The van der Waals surface area contributed by atoms with Crippen molar-refractivity contribution < 1.29 is 42.9 Å². The molecule has 0 saturated carbocycles. The summed E-state index contributed by atoms with van der Waals surface area (Å²) < 4.78 is 26.3. The first-order valence-electron chi connectivity index (χ1n) is 19.4. The molecule has 0 radical (unpaired) electrons. The fourth-order valence-corrected chi connectivity index (χ4v) is 8.12. The number of rotatable bonds is 21. The number of carboxylic acid groups (broad SMARTS) is 1. The number of carbonyl (C=O) groups excluding carboxylic acids is 4. The Balaban J connectivity index is 1.84. The van der Waals surface area contributed by atoms with Crippen molar-refractivity contribution in [3.63, 3.8) is 0 Å². The second kappa shape index (κ2) is 19.8. The van der Waals surface area contributed by atoms with E-state index in [4.69, 9.17) is 9.47 Å². The lowest BCUT2D eigenvalue weighted by atomic mass is 9.89. The van der Waals surface area contributed by atoms with Crippen molar-refractivity contribution in [2.45, 2.75) is 130 Å². The highest BCUT2D eigenvalue weighted by molar-refractivity contribution is 5.90. The molecule has 0 spiro atoms. The lowest BCUT2D eigenvalue weighted by Gasteiger charge is -2.41. The van der Waals surface area contributed by atoms with Crippen LogP contribution in [0, 0.1) is 29.5 Å². The van der Waals surface area contributed by atoms with Crippen molar-refractivity contribution in [2.24, 2.45) is 23.7 Å². The number of nitrogens with one attached hydrogen (secondary N) is 3. The quantitative estimate of drug-likeness (QED) is 0.137. The number of likely N-dealkylation sites (N-methyl/N-ethyl adjacent to an activating group) is 2. The number of carboxylic acids is 1. The van der Waals surface area contributed by atoms with Gasteiger partial charge in [-0.25, -0.2) is 9.18 Å². The molecule has 4 N–H and O–H groups in total. The van der Waals surface area contributed by atoms with Gasteiger partial charge in [0.1, 0.15) is 17.9 Å². The van der Waals surface area contributed by atoms with Gasteiger partial charge in [0.05, 0.1) is 48.7 Å². The van der Waals surface area contributed by atoms with Crippen LogP contribution in [-0.2, 0) is 39.9 Å². The van der Waals surface area contributed by atoms with Crippen LogP contribution in [0.5, 0.6) is 0 Å². The molecule has 0 unspecified atom stereocenters. The highest BCUT2D eigenvalue weighted by atomic mass is 19.1. The molecular weight excluding hydrogens is 709 g/mol. The lowest BCUT2D eigenvalue weighted by Crippen LogP contribution is -2.59. The number of ether oxygens (including phenoxy) is 2. The molecular formula is C41H64FN5O8. The molecule has 1 aromatic rings. The zero-order chi connectivity index (χ0) is 41.5. The van der Waals surface area contributed by atoms with Crippen molar-refractivity contribution in [1.29, 1.82) is 0 Å². The van der Waals surface area contributed by atoms with E-state index in [0.717, 1.165) is 11.1 Å². The minimum Gasteiger partial charge on any atom is -0.480 e. The summed E-state index contributed by atoms with van der Waals surface area (Å²) in [7, 11) is 6.38. The van der Waals surface area contributed by atoms with Gasteiger partial charge in [-0.1, -0.05) is 73.1 Å². The number of hydrogen-bond acceptors (Lipinski definition) is 8. The summed E-state index contributed by atoms with van der Waals surface area (Å²) in [6.45, 7) is 15.2. The summed E-state index contributed by atoms with van der Waals surface area (Å²) in [5.41, 5.74) is 2.33. The van der Waals surface area contributed by atoms with E-state index in [9.17, 15) is 33.5 Å². The third-order valence-electron chi connectivity index (χ3n) is 11.6. The number of benzene rings is 1. The highest BCUT2D eigenvalue weighted by Gasteiger charge is 2.55. The fraction of sp³-hybridized carbons (Fsp3) is 0.683. The average molecular weight is 774 g/mol. The third-order valence-corrected chi connectivity index (χ3v) is 11.6. The first-order chi connectivity index (χ1) is 25.9. The zero-order valence-corrected chi connectivity index (χ0v) is 34.6. The van der Waals surface area contributed by atoms with Gasteiger partial charge in [-0.3, -0.25) is 19.2 Å². The molecule has 1 heterocycles. The largest absolute Gasteiger partial charge is 0.480 e. The topological polar surface area (TPSA) is 167 Å². The van der Waals surface area contributed by atoms with E-state index < -0.39 is 66.0 Å². The number of nitrogens with zero attached hydrogens (tertiary/aromatic N) is 2. The van der Waals surface area contributed by atoms with E-state index in [2.05, 4.69) is 16.0 Å². The number of fused-ring (bicyclic) bond motifs is 1. The maximum atomic E-state index is 14.5. The van der Waals surface area contributed by atoms with Gasteiger partial charge >= 0.3 is 5.97 Å². The van der Waals surface area contributed by atoms with Gasteiger partial charge in [-0.2, -0.15) is 0 Å². The second-order valence-electron chi connectivity index (χ2n) is 15.9. The van der Waals surface area contributed by atoms with Crippen molar-refractivity contribution in [3.05, 3.63) is 46.8 Å². The first-order valence-corrected chi connectivity index (χ1v) is 19.4. The average Bonchev–Trinajstić information content (AvgIpc) is 3.56. The number of hydrogen-bond donors (Lipinski definition) is 4. The fourth-order valence-electron chi connectivity index (χ4n) is 8.12. The Kier molecular flexibility index (Phi) is 16.4. The van der Waals surface area contributed by atoms with Crippen molar-refractivity contribution in [2.75, 3.05) is 28.3 Å². The van der Waals surface area contributed by atoms with Crippen LogP contribution in [0.15, 0.2) is 35.4 Å². The van der Waals surface area contributed by atoms with E-state index in [0.29, 0.717) is 12.8 Å². The maximum absolute atomic E-state index is 14.5. The van der Waals surface area contributed by atoms with Crippen LogP contribution in [0.4, 0.5) is 4.39 Å². The van der Waals surface area contributed by atoms with Crippen molar-refractivity contribution >= 4 is 29.6 Å². The van der Waals surface area contributed by atoms with E-state index in [1.807, 2.05) is 48.5 Å². The molecule has 14 heteroatoms. The summed E-state index contributed by atoms with van der Waals surface area (Å²) in [4.78, 5) is 71.0. The van der Waals surface area contributed by atoms with Crippen LogP contribution in [0.25, 0.3) is 0 Å². The number of carbonyl (C=O) groups is 5. The number of methoxy groups -OCH3 is 2. The smallest absolute Gasteiger partial charge is 0.326 e. The Morgan fingerprint density at radius 3 is 2.09 bits per heavy atom. The third kappa shape index (κ3) is 10.5. The molecule has 10 atom stereocenters. The molecule has 1 aliphatic carbocycles. The number of amides is 4. The Morgan fingerprint density at radius 2 is 1.58 bits per heavy atom. The summed E-state index contributed by atoms with van der Waals surface area (Å²) >= 11 is 0.